The SMILES string of the molecule is OC(CNC1CCN(c2ccccc2)CC1)c1ccccc1. The van der Waals surface area contributed by atoms with Crippen molar-refractivity contribution in [2.75, 3.05) is 24.5 Å². The van der Waals surface area contributed by atoms with E-state index in [1.807, 2.05) is 30.3 Å². The molecule has 2 aromatic rings. The van der Waals surface area contributed by atoms with Gasteiger partial charge in [0.1, 0.15) is 0 Å². The molecule has 22 heavy (non-hydrogen) atoms. The smallest absolute Gasteiger partial charge is 0.0914 e. The highest BCUT2D eigenvalue weighted by Crippen LogP contribution is 2.20. The van der Waals surface area contributed by atoms with Crippen LogP contribution in [0.4, 0.5) is 5.69 Å². The van der Waals surface area contributed by atoms with E-state index >= 15 is 0 Å². The standard InChI is InChI=1S/C19H24N2O/c22-19(16-7-3-1-4-8-16)15-20-17-11-13-21(14-12-17)18-9-5-2-6-10-18/h1-10,17,19-20,22H,11-15H2. The Hall–Kier alpha value is -1.84. The molecule has 1 saturated heterocycles. The van der Waals surface area contributed by atoms with Gasteiger partial charge in [0.25, 0.3) is 0 Å². The van der Waals surface area contributed by atoms with E-state index in [1.165, 1.54) is 5.69 Å². The third-order valence-corrected chi connectivity index (χ3v) is 4.40. The molecule has 3 nitrogen and oxygen atoms in total. The van der Waals surface area contributed by atoms with Gasteiger partial charge < -0.3 is 15.3 Å². The number of nitrogens with one attached hydrogen (secondary N) is 1. The summed E-state index contributed by atoms with van der Waals surface area (Å²) in [6.07, 6.45) is 1.82. The Morgan fingerprint density at radius 3 is 2.18 bits per heavy atom. The fourth-order valence-electron chi connectivity index (χ4n) is 3.05. The lowest BCUT2D eigenvalue weighted by Gasteiger charge is -2.34. The fraction of sp³-hybridized carbons (Fsp3) is 0.368. The lowest BCUT2D eigenvalue weighted by Crippen LogP contribution is -2.43. The number of aliphatic hydroxyl groups is 1. The fourth-order valence-corrected chi connectivity index (χ4v) is 3.05. The van der Waals surface area contributed by atoms with Crippen molar-refractivity contribution < 1.29 is 5.11 Å². The summed E-state index contributed by atoms with van der Waals surface area (Å²) in [6, 6.07) is 21.0. The minimum atomic E-state index is -0.423. The van der Waals surface area contributed by atoms with Crippen LogP contribution in [0.5, 0.6) is 0 Å². The maximum Gasteiger partial charge on any atom is 0.0914 e. The van der Waals surface area contributed by atoms with E-state index in [-0.39, 0.29) is 0 Å². The molecule has 1 aliphatic heterocycles. The molecule has 1 atom stereocenters. The summed E-state index contributed by atoms with van der Waals surface area (Å²) in [5, 5.41) is 13.7. The topological polar surface area (TPSA) is 35.5 Å². The highest BCUT2D eigenvalue weighted by Gasteiger charge is 2.19. The predicted molar refractivity (Wildman–Crippen MR) is 91.1 cm³/mol. The van der Waals surface area contributed by atoms with Crippen molar-refractivity contribution in [3.8, 4) is 0 Å². The molecule has 0 spiro atoms. The third-order valence-electron chi connectivity index (χ3n) is 4.40. The second kappa shape index (κ2) is 7.43. The number of aliphatic hydroxyl groups excluding tert-OH is 1. The van der Waals surface area contributed by atoms with Crippen molar-refractivity contribution in [1.29, 1.82) is 0 Å². The van der Waals surface area contributed by atoms with Crippen LogP contribution in [0.15, 0.2) is 60.7 Å². The van der Waals surface area contributed by atoms with Crippen LogP contribution in [0.2, 0.25) is 0 Å². The van der Waals surface area contributed by atoms with Crippen LogP contribution >= 0.6 is 0 Å². The molecule has 0 aliphatic carbocycles. The number of nitrogens with zero attached hydrogens (tertiary/aromatic N) is 1. The molecule has 1 unspecified atom stereocenters. The molecule has 1 fully saturated rings. The van der Waals surface area contributed by atoms with E-state index in [2.05, 4.69) is 40.5 Å². The Bertz CT molecular complexity index is 550. The number of hydrogen-bond donors (Lipinski definition) is 2. The molecule has 0 bridgehead atoms. The zero-order valence-electron chi connectivity index (χ0n) is 12.9. The van der Waals surface area contributed by atoms with Crippen LogP contribution < -0.4 is 10.2 Å². The molecule has 0 aromatic heterocycles. The normalized spacial score (nSPS) is 17.4. The summed E-state index contributed by atoms with van der Waals surface area (Å²) in [5.74, 6) is 0. The molecule has 2 aromatic carbocycles. The van der Waals surface area contributed by atoms with Gasteiger partial charge in [0.05, 0.1) is 6.10 Å². The monoisotopic (exact) mass is 296 g/mol. The first-order valence-electron chi connectivity index (χ1n) is 8.09. The number of benzene rings is 2. The minimum absolute atomic E-state index is 0.423. The average Bonchev–Trinajstić information content (AvgIpc) is 2.61. The zero-order chi connectivity index (χ0) is 15.2. The first-order chi connectivity index (χ1) is 10.8. The zero-order valence-corrected chi connectivity index (χ0v) is 12.9. The second-order valence-electron chi connectivity index (χ2n) is 5.93. The van der Waals surface area contributed by atoms with Gasteiger partial charge in [0.2, 0.25) is 0 Å². The molecule has 116 valence electrons. The van der Waals surface area contributed by atoms with Crippen molar-refractivity contribution >= 4 is 5.69 Å². The first kappa shape index (κ1) is 15.1. The molecule has 1 heterocycles. The Labute approximate surface area is 132 Å². The van der Waals surface area contributed by atoms with Gasteiger partial charge in [-0.25, -0.2) is 0 Å². The van der Waals surface area contributed by atoms with Crippen LogP contribution in [-0.2, 0) is 0 Å². The van der Waals surface area contributed by atoms with Gasteiger partial charge >= 0.3 is 0 Å². The third kappa shape index (κ3) is 3.87. The van der Waals surface area contributed by atoms with E-state index in [0.29, 0.717) is 12.6 Å². The first-order valence-corrected chi connectivity index (χ1v) is 8.09. The predicted octanol–water partition coefficient (Wildman–Crippen LogP) is 2.98. The number of anilines is 1. The van der Waals surface area contributed by atoms with Crippen LogP contribution in [0, 0.1) is 0 Å². The molecule has 3 rings (SSSR count). The average molecular weight is 296 g/mol. The largest absolute Gasteiger partial charge is 0.387 e. The van der Waals surface area contributed by atoms with E-state index in [0.717, 1.165) is 31.5 Å². The summed E-state index contributed by atoms with van der Waals surface area (Å²) in [5.41, 5.74) is 2.29. The quantitative estimate of drug-likeness (QED) is 0.890. The van der Waals surface area contributed by atoms with Crippen molar-refractivity contribution in [2.24, 2.45) is 0 Å². The molecular weight excluding hydrogens is 272 g/mol. The van der Waals surface area contributed by atoms with Gasteiger partial charge in [-0.2, -0.15) is 0 Å². The van der Waals surface area contributed by atoms with E-state index in [4.69, 9.17) is 0 Å². The molecule has 0 saturated carbocycles. The number of rotatable bonds is 5. The van der Waals surface area contributed by atoms with Gasteiger partial charge in [-0.05, 0) is 30.5 Å². The Kier molecular flexibility index (Phi) is 5.09. The number of para-hydroxylation sites is 1. The van der Waals surface area contributed by atoms with Crippen molar-refractivity contribution in [1.82, 2.24) is 5.32 Å². The molecule has 1 aliphatic rings. The van der Waals surface area contributed by atoms with Gasteiger partial charge in [-0.1, -0.05) is 48.5 Å². The Morgan fingerprint density at radius 1 is 0.955 bits per heavy atom. The van der Waals surface area contributed by atoms with Crippen LogP contribution in [0.1, 0.15) is 24.5 Å². The van der Waals surface area contributed by atoms with Crippen LogP contribution in [0.3, 0.4) is 0 Å². The minimum Gasteiger partial charge on any atom is -0.387 e. The summed E-state index contributed by atoms with van der Waals surface area (Å²) in [4.78, 5) is 2.44. The lowest BCUT2D eigenvalue weighted by molar-refractivity contribution is 0.167. The molecule has 0 radical (unpaired) electrons. The highest BCUT2D eigenvalue weighted by molar-refractivity contribution is 5.46. The van der Waals surface area contributed by atoms with Gasteiger partial charge in [-0.3, -0.25) is 0 Å². The number of hydrogen-bond acceptors (Lipinski definition) is 3. The van der Waals surface area contributed by atoms with E-state index < -0.39 is 6.10 Å². The Balaban J connectivity index is 1.44. The summed E-state index contributed by atoms with van der Waals surface area (Å²) in [6.45, 7) is 2.77. The molecular formula is C19H24N2O. The Morgan fingerprint density at radius 2 is 1.55 bits per heavy atom. The number of piperidine rings is 1. The summed E-state index contributed by atoms with van der Waals surface area (Å²) >= 11 is 0. The maximum absolute atomic E-state index is 10.2. The van der Waals surface area contributed by atoms with Crippen molar-refractivity contribution in [3.63, 3.8) is 0 Å². The molecule has 2 N–H and O–H groups in total. The van der Waals surface area contributed by atoms with Crippen LogP contribution in [0.25, 0.3) is 0 Å². The summed E-state index contributed by atoms with van der Waals surface area (Å²) in [7, 11) is 0. The van der Waals surface area contributed by atoms with Gasteiger partial charge in [-0.15, -0.1) is 0 Å². The second-order valence-corrected chi connectivity index (χ2v) is 5.93. The molecule has 0 amide bonds. The van der Waals surface area contributed by atoms with Crippen LogP contribution in [-0.4, -0.2) is 30.8 Å². The van der Waals surface area contributed by atoms with Crippen molar-refractivity contribution in [2.45, 2.75) is 25.0 Å². The van der Waals surface area contributed by atoms with Gasteiger partial charge in [0.15, 0.2) is 0 Å². The van der Waals surface area contributed by atoms with Crippen molar-refractivity contribution in [3.05, 3.63) is 66.2 Å². The van der Waals surface area contributed by atoms with E-state index in [1.54, 1.807) is 0 Å². The highest BCUT2D eigenvalue weighted by atomic mass is 16.3. The molecule has 3 heteroatoms. The van der Waals surface area contributed by atoms with E-state index in [9.17, 15) is 5.11 Å². The van der Waals surface area contributed by atoms with Gasteiger partial charge in [0, 0.05) is 31.4 Å². The lowest BCUT2D eigenvalue weighted by atomic mass is 10.0. The summed E-state index contributed by atoms with van der Waals surface area (Å²) < 4.78 is 0. The maximum atomic E-state index is 10.2.